The summed E-state index contributed by atoms with van der Waals surface area (Å²) in [7, 11) is 1.46. The monoisotopic (exact) mass is 533 g/mol. The number of ether oxygens (including phenoxy) is 2. The van der Waals surface area contributed by atoms with Gasteiger partial charge in [-0.2, -0.15) is 0 Å². The lowest BCUT2D eigenvalue weighted by Crippen LogP contribution is -2.36. The highest BCUT2D eigenvalue weighted by atomic mass is 19.4. The lowest BCUT2D eigenvalue weighted by Gasteiger charge is -2.20. The molecule has 9 nitrogen and oxygen atoms in total. The van der Waals surface area contributed by atoms with Crippen LogP contribution in [0.2, 0.25) is 0 Å². The minimum Gasteiger partial charge on any atom is -0.505 e. The Hall–Kier alpha value is -4.48. The Bertz CT molecular complexity index is 1390. The number of rotatable bonds is 8. The number of aryl methyl sites for hydroxylation is 2. The first-order chi connectivity index (χ1) is 17.9. The largest absolute Gasteiger partial charge is 0.573 e. The highest BCUT2D eigenvalue weighted by molar-refractivity contribution is 5.91. The van der Waals surface area contributed by atoms with E-state index >= 15 is 0 Å². The van der Waals surface area contributed by atoms with Gasteiger partial charge < -0.3 is 29.8 Å². The lowest BCUT2D eigenvalue weighted by atomic mass is 9.97. The Morgan fingerprint density at radius 2 is 1.76 bits per heavy atom. The van der Waals surface area contributed by atoms with Crippen LogP contribution in [0.25, 0.3) is 11.1 Å². The molecule has 0 radical (unpaired) electrons. The number of nitrogens with zero attached hydrogens (tertiary/aromatic N) is 1. The van der Waals surface area contributed by atoms with E-state index in [4.69, 9.17) is 4.74 Å². The van der Waals surface area contributed by atoms with Gasteiger partial charge in [-0.1, -0.05) is 30.3 Å². The molecular weight excluding hydrogens is 507 g/mol. The number of esters is 1. The zero-order chi connectivity index (χ0) is 28.0. The van der Waals surface area contributed by atoms with E-state index in [1.807, 2.05) is 0 Å². The number of nitrogens with one attached hydrogen (secondary N) is 2. The van der Waals surface area contributed by atoms with Crippen LogP contribution in [0.15, 0.2) is 59.5 Å². The smallest absolute Gasteiger partial charge is 0.505 e. The molecule has 0 aliphatic heterocycles. The number of halogens is 3. The molecule has 0 saturated heterocycles. The molecule has 0 spiro atoms. The molecule has 2 aromatic carbocycles. The van der Waals surface area contributed by atoms with Crippen LogP contribution in [0.5, 0.6) is 11.5 Å². The summed E-state index contributed by atoms with van der Waals surface area (Å²) in [4.78, 5) is 37.5. The zero-order valence-corrected chi connectivity index (χ0v) is 20.8. The molecule has 0 bridgehead atoms. The summed E-state index contributed by atoms with van der Waals surface area (Å²) in [6, 6.07) is 10.0. The number of anilines is 1. The molecule has 0 fully saturated rings. The van der Waals surface area contributed by atoms with Crippen LogP contribution in [0.3, 0.4) is 0 Å². The topological polar surface area (TPSA) is 119 Å². The molecular formula is C26H26F3N3O6. The summed E-state index contributed by atoms with van der Waals surface area (Å²) in [5, 5.41) is 15.2. The molecule has 0 aliphatic rings. The van der Waals surface area contributed by atoms with Crippen molar-refractivity contribution >= 4 is 17.7 Å². The number of carbonyl (C=O) groups excluding carboxylic acids is 2. The Balaban J connectivity index is 1.91. The van der Waals surface area contributed by atoms with Crippen molar-refractivity contribution in [3.63, 3.8) is 0 Å². The van der Waals surface area contributed by atoms with Gasteiger partial charge >= 0.3 is 18.4 Å². The predicted octanol–water partition coefficient (Wildman–Crippen LogP) is 4.78. The van der Waals surface area contributed by atoms with Crippen LogP contribution >= 0.6 is 0 Å². The maximum Gasteiger partial charge on any atom is 0.573 e. The minimum atomic E-state index is -4.85. The Morgan fingerprint density at radius 1 is 1.11 bits per heavy atom. The molecule has 1 atom stereocenters. The number of pyridine rings is 1. The quantitative estimate of drug-likeness (QED) is 0.359. The molecule has 202 valence electrons. The molecule has 3 N–H and O–H groups in total. The number of urea groups is 1. The first kappa shape index (κ1) is 28.1. The van der Waals surface area contributed by atoms with E-state index < -0.39 is 41.5 Å². The standard InChI is InChI=1S/C26H26F3N3O6/c1-4-37-21(33)13-20(30-25(36)31-22-23(34)15(2)14-32(3)24(22)35)18-9-5-7-16(11-18)17-8-6-10-19(12-17)38-26(27,28)29/h5-12,14,20,34H,4,13H2,1-3H3,(H2,30,31,36)/t20-/m0/s1. The molecule has 1 heterocycles. The van der Waals surface area contributed by atoms with Crippen LogP contribution in [0.1, 0.15) is 30.5 Å². The fourth-order valence-corrected chi connectivity index (χ4v) is 3.75. The van der Waals surface area contributed by atoms with Gasteiger partial charge in [-0.3, -0.25) is 9.59 Å². The summed E-state index contributed by atoms with van der Waals surface area (Å²) >= 11 is 0. The van der Waals surface area contributed by atoms with Gasteiger partial charge in [0.05, 0.1) is 19.1 Å². The molecule has 0 aliphatic carbocycles. The van der Waals surface area contributed by atoms with Crippen molar-refractivity contribution in [3.05, 3.63) is 76.2 Å². The summed E-state index contributed by atoms with van der Waals surface area (Å²) < 4.78 is 48.2. The number of benzene rings is 2. The number of carbonyl (C=O) groups is 2. The van der Waals surface area contributed by atoms with Crippen molar-refractivity contribution in [2.24, 2.45) is 7.05 Å². The number of hydrogen-bond donors (Lipinski definition) is 3. The van der Waals surface area contributed by atoms with Crippen molar-refractivity contribution in [1.82, 2.24) is 9.88 Å². The van der Waals surface area contributed by atoms with E-state index in [0.29, 0.717) is 22.3 Å². The molecule has 38 heavy (non-hydrogen) atoms. The fourth-order valence-electron chi connectivity index (χ4n) is 3.75. The van der Waals surface area contributed by atoms with Gasteiger partial charge in [0.25, 0.3) is 5.56 Å². The number of amides is 2. The van der Waals surface area contributed by atoms with Crippen molar-refractivity contribution < 1.29 is 37.3 Å². The van der Waals surface area contributed by atoms with Gasteiger partial charge in [0.15, 0.2) is 5.69 Å². The third-order valence-corrected chi connectivity index (χ3v) is 5.44. The number of aromatic nitrogens is 1. The second-order valence-electron chi connectivity index (χ2n) is 8.31. The zero-order valence-electron chi connectivity index (χ0n) is 20.8. The normalized spacial score (nSPS) is 11.9. The van der Waals surface area contributed by atoms with E-state index in [1.165, 1.54) is 36.0 Å². The number of alkyl halides is 3. The van der Waals surface area contributed by atoms with Crippen LogP contribution in [0.4, 0.5) is 23.7 Å². The third-order valence-electron chi connectivity index (χ3n) is 5.44. The second kappa shape index (κ2) is 11.7. The van der Waals surface area contributed by atoms with Gasteiger partial charge in [0.2, 0.25) is 0 Å². The summed E-state index contributed by atoms with van der Waals surface area (Å²) in [5.74, 6) is -1.41. The molecule has 0 unspecified atom stereocenters. The molecule has 12 heteroatoms. The van der Waals surface area contributed by atoms with Crippen LogP contribution in [-0.4, -0.2) is 34.6 Å². The number of hydrogen-bond acceptors (Lipinski definition) is 6. The fraction of sp³-hybridized carbons (Fsp3) is 0.269. The van der Waals surface area contributed by atoms with Crippen molar-refractivity contribution in [2.75, 3.05) is 11.9 Å². The summed E-state index contributed by atoms with van der Waals surface area (Å²) in [6.07, 6.45) is -3.72. The van der Waals surface area contributed by atoms with Gasteiger partial charge in [-0.25, -0.2) is 4.79 Å². The minimum absolute atomic E-state index is 0.108. The molecule has 3 aromatic rings. The van der Waals surface area contributed by atoms with Crippen molar-refractivity contribution in [1.29, 1.82) is 0 Å². The van der Waals surface area contributed by atoms with E-state index in [9.17, 15) is 32.7 Å². The highest BCUT2D eigenvalue weighted by Gasteiger charge is 2.31. The van der Waals surface area contributed by atoms with Gasteiger partial charge in [0, 0.05) is 18.8 Å². The third kappa shape index (κ3) is 7.28. The molecule has 2 amide bonds. The molecule has 1 aromatic heterocycles. The predicted molar refractivity (Wildman–Crippen MR) is 133 cm³/mol. The second-order valence-corrected chi connectivity index (χ2v) is 8.31. The van der Waals surface area contributed by atoms with E-state index in [0.717, 1.165) is 0 Å². The van der Waals surface area contributed by atoms with E-state index in [-0.39, 0.29) is 18.7 Å². The lowest BCUT2D eigenvalue weighted by molar-refractivity contribution is -0.274. The molecule has 3 rings (SSSR count). The van der Waals surface area contributed by atoms with Crippen LogP contribution in [-0.2, 0) is 16.6 Å². The first-order valence-corrected chi connectivity index (χ1v) is 11.5. The maximum absolute atomic E-state index is 12.8. The van der Waals surface area contributed by atoms with Crippen LogP contribution < -0.4 is 20.9 Å². The Kier molecular flexibility index (Phi) is 8.66. The van der Waals surface area contributed by atoms with Crippen molar-refractivity contribution in [3.8, 4) is 22.6 Å². The number of aromatic hydroxyl groups is 1. The summed E-state index contributed by atoms with van der Waals surface area (Å²) in [5.41, 5.74) is 0.713. The molecule has 0 saturated carbocycles. The average molecular weight is 534 g/mol. The van der Waals surface area contributed by atoms with Crippen LogP contribution in [0, 0.1) is 6.92 Å². The first-order valence-electron chi connectivity index (χ1n) is 11.5. The summed E-state index contributed by atoms with van der Waals surface area (Å²) in [6.45, 7) is 3.29. The van der Waals surface area contributed by atoms with Gasteiger partial charge in [0.1, 0.15) is 11.5 Å². The highest BCUT2D eigenvalue weighted by Crippen LogP contribution is 2.30. The van der Waals surface area contributed by atoms with Gasteiger partial charge in [-0.15, -0.1) is 13.2 Å². The van der Waals surface area contributed by atoms with E-state index in [2.05, 4.69) is 15.4 Å². The maximum atomic E-state index is 12.8. The Morgan fingerprint density at radius 3 is 2.42 bits per heavy atom. The Labute approximate surface area is 215 Å². The van der Waals surface area contributed by atoms with Crippen molar-refractivity contribution in [2.45, 2.75) is 32.7 Å². The van der Waals surface area contributed by atoms with Gasteiger partial charge in [-0.05, 0) is 48.7 Å². The van der Waals surface area contributed by atoms with E-state index in [1.54, 1.807) is 44.2 Å². The average Bonchev–Trinajstić information content (AvgIpc) is 2.84. The SMILES string of the molecule is CCOC(=O)C[C@H](NC(=O)Nc1c(O)c(C)cn(C)c1=O)c1cccc(-c2cccc(OC(F)(F)F)c2)c1.